The smallest absolute Gasteiger partial charge is 0.122 e. The van der Waals surface area contributed by atoms with Crippen molar-refractivity contribution in [3.8, 4) is 17.2 Å². The highest BCUT2D eigenvalue weighted by Gasteiger charge is 2.06. The van der Waals surface area contributed by atoms with Crippen LogP contribution in [0.3, 0.4) is 0 Å². The summed E-state index contributed by atoms with van der Waals surface area (Å²) in [7, 11) is 1.65. The zero-order valence-corrected chi connectivity index (χ0v) is 22.4. The Morgan fingerprint density at radius 1 is 0.632 bits per heavy atom. The lowest BCUT2D eigenvalue weighted by molar-refractivity contribution is 0.0977. The van der Waals surface area contributed by atoms with Crippen LogP contribution in [0.5, 0.6) is 17.2 Å². The Labute approximate surface area is 226 Å². The average molecular weight is 518 g/mol. The Balaban J connectivity index is 1.43. The molecule has 0 unspecified atom stereocenters. The molecule has 0 bridgehead atoms. The van der Waals surface area contributed by atoms with Crippen molar-refractivity contribution in [1.82, 2.24) is 4.98 Å². The Hall–Kier alpha value is -3.61. The minimum Gasteiger partial charge on any atom is -0.497 e. The average Bonchev–Trinajstić information content (AvgIpc) is 2.95. The predicted octanol–water partition coefficient (Wildman–Crippen LogP) is 7.21. The zero-order chi connectivity index (χ0) is 26.8. The van der Waals surface area contributed by atoms with Crippen LogP contribution in [0.2, 0.25) is 0 Å². The first-order chi connectivity index (χ1) is 18.7. The Morgan fingerprint density at radius 2 is 1.08 bits per heavy atom. The van der Waals surface area contributed by atoms with E-state index >= 15 is 0 Å². The summed E-state index contributed by atoms with van der Waals surface area (Å²) in [6, 6.07) is 19.7. The molecule has 38 heavy (non-hydrogen) atoms. The van der Waals surface area contributed by atoms with Crippen LogP contribution in [0.25, 0.3) is 0 Å². The molecule has 0 spiro atoms. The maximum absolute atomic E-state index is 5.91. The van der Waals surface area contributed by atoms with E-state index in [9.17, 15) is 0 Å². The van der Waals surface area contributed by atoms with Crippen LogP contribution < -0.4 is 14.2 Å². The van der Waals surface area contributed by atoms with Gasteiger partial charge in [0.2, 0.25) is 0 Å². The van der Waals surface area contributed by atoms with Gasteiger partial charge < -0.3 is 23.7 Å². The van der Waals surface area contributed by atoms with E-state index in [1.54, 1.807) is 7.11 Å². The van der Waals surface area contributed by atoms with Crippen LogP contribution in [0, 0.1) is 0 Å². The van der Waals surface area contributed by atoms with Crippen molar-refractivity contribution >= 4 is 0 Å². The molecule has 0 fully saturated rings. The molecule has 0 saturated carbocycles. The van der Waals surface area contributed by atoms with E-state index < -0.39 is 0 Å². The summed E-state index contributed by atoms with van der Waals surface area (Å²) in [5.74, 6) is 2.45. The molecule has 2 aromatic carbocycles. The third-order valence-corrected chi connectivity index (χ3v) is 5.67. The molecule has 0 N–H and O–H groups in total. The first-order valence-electron chi connectivity index (χ1n) is 13.0. The summed E-state index contributed by atoms with van der Waals surface area (Å²) in [6.45, 7) is 10.5. The number of hydrogen-bond acceptors (Lipinski definition) is 6. The standard InChI is InChI=1S/C32H39NO5/c1-4-6-8-18-37-30-14-10-26(11-15-30)22-35-24-28-20-32(34-3)21-29(33-28)25-36-23-27-12-16-31(17-13-27)38-19-9-7-5-2/h4-5,10-17,20-21H,1-2,6-9,18-19,22-25H2,3H3. The van der Waals surface area contributed by atoms with E-state index in [0.29, 0.717) is 39.6 Å². The third kappa shape index (κ3) is 10.8. The molecule has 0 amide bonds. The van der Waals surface area contributed by atoms with Gasteiger partial charge in [0.1, 0.15) is 17.2 Å². The normalized spacial score (nSPS) is 10.7. The SMILES string of the molecule is C=CCCCOc1ccc(COCc2cc(OC)cc(COCc3ccc(OCCCC=C)cc3)n2)cc1. The third-order valence-electron chi connectivity index (χ3n) is 5.67. The van der Waals surface area contributed by atoms with Gasteiger partial charge in [-0.2, -0.15) is 0 Å². The Bertz CT molecular complexity index is 1010. The van der Waals surface area contributed by atoms with Gasteiger partial charge in [0, 0.05) is 12.1 Å². The highest BCUT2D eigenvalue weighted by Crippen LogP contribution is 2.18. The fourth-order valence-electron chi connectivity index (χ4n) is 3.63. The predicted molar refractivity (Wildman–Crippen MR) is 151 cm³/mol. The molecule has 0 radical (unpaired) electrons. The fourth-order valence-corrected chi connectivity index (χ4v) is 3.63. The van der Waals surface area contributed by atoms with Crippen molar-refractivity contribution in [2.75, 3.05) is 20.3 Å². The minimum atomic E-state index is 0.373. The summed E-state index contributed by atoms with van der Waals surface area (Å²) < 4.78 is 28.7. The number of pyridine rings is 1. The monoisotopic (exact) mass is 517 g/mol. The van der Waals surface area contributed by atoms with Gasteiger partial charge >= 0.3 is 0 Å². The van der Waals surface area contributed by atoms with Gasteiger partial charge in [-0.15, -0.1) is 13.2 Å². The molecular formula is C32H39NO5. The van der Waals surface area contributed by atoms with Crippen molar-refractivity contribution in [2.45, 2.75) is 52.1 Å². The molecule has 0 aliphatic carbocycles. The van der Waals surface area contributed by atoms with Gasteiger partial charge in [-0.1, -0.05) is 36.4 Å². The second-order valence-electron chi connectivity index (χ2n) is 8.82. The van der Waals surface area contributed by atoms with E-state index in [1.807, 2.05) is 72.8 Å². The van der Waals surface area contributed by atoms with E-state index in [1.165, 1.54) is 0 Å². The zero-order valence-electron chi connectivity index (χ0n) is 22.4. The molecule has 0 atom stereocenters. The summed E-state index contributed by atoms with van der Waals surface area (Å²) in [6.07, 6.45) is 7.65. The summed E-state index contributed by atoms with van der Waals surface area (Å²) in [5.41, 5.74) is 3.73. The van der Waals surface area contributed by atoms with E-state index in [4.69, 9.17) is 23.7 Å². The van der Waals surface area contributed by atoms with E-state index in [-0.39, 0.29) is 0 Å². The molecule has 0 aliphatic rings. The lowest BCUT2D eigenvalue weighted by Gasteiger charge is -2.11. The van der Waals surface area contributed by atoms with Crippen LogP contribution in [0.1, 0.15) is 48.2 Å². The molecule has 0 saturated heterocycles. The van der Waals surface area contributed by atoms with Crippen LogP contribution in [-0.2, 0) is 35.9 Å². The number of rotatable bonds is 19. The van der Waals surface area contributed by atoms with Crippen molar-refractivity contribution < 1.29 is 23.7 Å². The fraction of sp³-hybridized carbons (Fsp3) is 0.344. The van der Waals surface area contributed by atoms with Gasteiger partial charge in [0.05, 0.1) is 58.1 Å². The first kappa shape index (κ1) is 29.0. The lowest BCUT2D eigenvalue weighted by atomic mass is 10.2. The molecule has 1 heterocycles. The molecule has 3 rings (SSSR count). The van der Waals surface area contributed by atoms with Gasteiger partial charge in [-0.25, -0.2) is 0 Å². The van der Waals surface area contributed by atoms with Gasteiger partial charge in [-0.05, 0) is 61.1 Å². The highest BCUT2D eigenvalue weighted by molar-refractivity contribution is 5.29. The van der Waals surface area contributed by atoms with Gasteiger partial charge in [0.15, 0.2) is 0 Å². The molecular weight excluding hydrogens is 478 g/mol. The van der Waals surface area contributed by atoms with Crippen LogP contribution in [0.15, 0.2) is 86.0 Å². The molecule has 0 aliphatic heterocycles. The summed E-state index contributed by atoms with van der Waals surface area (Å²) in [4.78, 5) is 4.69. The Kier molecular flexibility index (Phi) is 13.0. The van der Waals surface area contributed by atoms with Crippen molar-refractivity contribution in [1.29, 1.82) is 0 Å². The molecule has 202 valence electrons. The summed E-state index contributed by atoms with van der Waals surface area (Å²) >= 11 is 0. The van der Waals surface area contributed by atoms with Crippen LogP contribution in [0.4, 0.5) is 0 Å². The molecule has 6 nitrogen and oxygen atoms in total. The van der Waals surface area contributed by atoms with Crippen molar-refractivity contribution in [3.63, 3.8) is 0 Å². The number of allylic oxidation sites excluding steroid dienone is 2. The number of hydrogen-bond donors (Lipinski definition) is 0. The minimum absolute atomic E-state index is 0.373. The number of ether oxygens (including phenoxy) is 5. The van der Waals surface area contributed by atoms with Crippen LogP contribution >= 0.6 is 0 Å². The molecule has 6 heteroatoms. The molecule has 1 aromatic heterocycles. The lowest BCUT2D eigenvalue weighted by Crippen LogP contribution is -2.03. The van der Waals surface area contributed by atoms with E-state index in [0.717, 1.165) is 65.4 Å². The second-order valence-corrected chi connectivity index (χ2v) is 8.82. The van der Waals surface area contributed by atoms with Gasteiger partial charge in [0.25, 0.3) is 0 Å². The largest absolute Gasteiger partial charge is 0.497 e. The Morgan fingerprint density at radius 3 is 1.47 bits per heavy atom. The van der Waals surface area contributed by atoms with Crippen molar-refractivity contribution in [3.05, 3.63) is 108 Å². The number of nitrogens with zero attached hydrogens (tertiary/aromatic N) is 1. The first-order valence-corrected chi connectivity index (χ1v) is 13.0. The summed E-state index contributed by atoms with van der Waals surface area (Å²) in [5, 5.41) is 0. The van der Waals surface area contributed by atoms with Gasteiger partial charge in [-0.3, -0.25) is 4.98 Å². The van der Waals surface area contributed by atoms with Crippen molar-refractivity contribution in [2.24, 2.45) is 0 Å². The van der Waals surface area contributed by atoms with E-state index in [2.05, 4.69) is 18.1 Å². The maximum Gasteiger partial charge on any atom is 0.122 e. The maximum atomic E-state index is 5.91. The quantitative estimate of drug-likeness (QED) is 0.124. The number of methoxy groups -OCH3 is 1. The topological polar surface area (TPSA) is 59.0 Å². The second kappa shape index (κ2) is 17.0. The number of aromatic nitrogens is 1. The number of benzene rings is 2. The molecule has 3 aromatic rings. The highest BCUT2D eigenvalue weighted by atomic mass is 16.5. The van der Waals surface area contributed by atoms with Crippen LogP contribution in [-0.4, -0.2) is 25.3 Å². The number of unbranched alkanes of at least 4 members (excludes halogenated alkanes) is 2.